The van der Waals surface area contributed by atoms with Crippen molar-refractivity contribution in [3.05, 3.63) is 0 Å². The lowest BCUT2D eigenvalue weighted by molar-refractivity contribution is -0.143. The molecule has 0 rings (SSSR count). The second-order valence-corrected chi connectivity index (χ2v) is 6.34. The molecule has 0 spiro atoms. The first-order valence-electron chi connectivity index (χ1n) is 6.19. The minimum Gasteiger partial charge on any atom is -0.465 e. The van der Waals surface area contributed by atoms with Gasteiger partial charge in [0.1, 0.15) is 6.29 Å². The minimum atomic E-state index is -3.19. The summed E-state index contributed by atoms with van der Waals surface area (Å²) in [5.41, 5.74) is 0. The number of ether oxygens (including phenoxy) is 1. The third-order valence-electron chi connectivity index (χ3n) is 1.98. The van der Waals surface area contributed by atoms with Gasteiger partial charge in [-0.05, 0) is 20.8 Å². The van der Waals surface area contributed by atoms with Crippen molar-refractivity contribution in [3.63, 3.8) is 0 Å². The highest BCUT2D eigenvalue weighted by atomic mass is 31.2. The Bertz CT molecular complexity index is 314. The highest BCUT2D eigenvalue weighted by Gasteiger charge is 2.28. The maximum Gasteiger partial charge on any atom is 0.344 e. The van der Waals surface area contributed by atoms with E-state index in [2.05, 4.69) is 6.30 Å². The molecule has 0 heterocycles. The van der Waals surface area contributed by atoms with E-state index in [0.29, 0.717) is 26.1 Å². The van der Waals surface area contributed by atoms with Crippen LogP contribution in [-0.2, 0) is 23.1 Å². The molecule has 0 bridgehead atoms. The van der Waals surface area contributed by atoms with Gasteiger partial charge in [0, 0.05) is 6.29 Å². The van der Waals surface area contributed by atoms with Crippen molar-refractivity contribution in [2.24, 2.45) is 0 Å². The standard InChI is InChI=1S/C11H23NO5P2/c1-5-15-11(13)8-12(9-18-4)10-19(14,16-6-2)17-7-3/h4-10H2,1-3H3. The van der Waals surface area contributed by atoms with E-state index in [0.717, 1.165) is 8.20 Å². The van der Waals surface area contributed by atoms with Gasteiger partial charge in [0.05, 0.1) is 26.4 Å². The molecular weight excluding hydrogens is 288 g/mol. The van der Waals surface area contributed by atoms with Crippen LogP contribution in [0.5, 0.6) is 0 Å². The van der Waals surface area contributed by atoms with Crippen LogP contribution in [0.3, 0.4) is 0 Å². The van der Waals surface area contributed by atoms with Crippen LogP contribution < -0.4 is 0 Å². The van der Waals surface area contributed by atoms with Gasteiger partial charge < -0.3 is 13.8 Å². The molecule has 0 aliphatic carbocycles. The molecule has 0 aromatic carbocycles. The van der Waals surface area contributed by atoms with Gasteiger partial charge in [-0.25, -0.2) is 0 Å². The molecule has 0 aromatic rings. The molecule has 0 N–H and O–H groups in total. The summed E-state index contributed by atoms with van der Waals surface area (Å²) in [4.78, 5) is 13.2. The van der Waals surface area contributed by atoms with Crippen molar-refractivity contribution in [1.82, 2.24) is 4.90 Å². The number of rotatable bonds is 11. The first-order valence-corrected chi connectivity index (χ1v) is 9.19. The summed E-state index contributed by atoms with van der Waals surface area (Å²) in [6.45, 7) is 6.22. The molecule has 0 saturated carbocycles. The zero-order chi connectivity index (χ0) is 14.7. The van der Waals surface area contributed by atoms with Crippen LogP contribution >= 0.6 is 15.8 Å². The van der Waals surface area contributed by atoms with Crippen LogP contribution in [0.15, 0.2) is 0 Å². The van der Waals surface area contributed by atoms with Crippen molar-refractivity contribution >= 4 is 28.1 Å². The zero-order valence-corrected chi connectivity index (χ0v) is 13.6. The van der Waals surface area contributed by atoms with E-state index in [9.17, 15) is 9.36 Å². The maximum atomic E-state index is 12.4. The highest BCUT2D eigenvalue weighted by molar-refractivity contribution is 7.53. The smallest absolute Gasteiger partial charge is 0.344 e. The summed E-state index contributed by atoms with van der Waals surface area (Å²) in [7, 11) is -2.37. The maximum absolute atomic E-state index is 12.4. The lowest BCUT2D eigenvalue weighted by Crippen LogP contribution is -2.31. The second kappa shape index (κ2) is 10.5. The molecule has 0 aliphatic heterocycles. The molecule has 0 atom stereocenters. The molecule has 0 fully saturated rings. The predicted octanol–water partition coefficient (Wildman–Crippen LogP) is 2.41. The molecular formula is C11H23NO5P2. The first kappa shape index (κ1) is 18.8. The molecule has 0 saturated heterocycles. The summed E-state index contributed by atoms with van der Waals surface area (Å²) in [5.74, 6) is -0.356. The lowest BCUT2D eigenvalue weighted by atomic mass is 10.6. The van der Waals surface area contributed by atoms with Crippen LogP contribution in [0.2, 0.25) is 0 Å². The quantitative estimate of drug-likeness (QED) is 0.431. The molecule has 8 heteroatoms. The van der Waals surface area contributed by atoms with E-state index < -0.39 is 7.60 Å². The molecule has 19 heavy (non-hydrogen) atoms. The van der Waals surface area contributed by atoms with E-state index in [4.69, 9.17) is 13.8 Å². The Kier molecular flexibility index (Phi) is 10.4. The van der Waals surface area contributed by atoms with Crippen LogP contribution in [0.4, 0.5) is 0 Å². The van der Waals surface area contributed by atoms with Crippen LogP contribution in [0.1, 0.15) is 20.8 Å². The largest absolute Gasteiger partial charge is 0.465 e. The predicted molar refractivity (Wildman–Crippen MR) is 78.0 cm³/mol. The van der Waals surface area contributed by atoms with E-state index >= 15 is 0 Å². The van der Waals surface area contributed by atoms with E-state index in [1.807, 2.05) is 0 Å². The third kappa shape index (κ3) is 8.51. The number of hydrogen-bond donors (Lipinski definition) is 0. The van der Waals surface area contributed by atoms with Crippen LogP contribution in [-0.4, -0.2) is 56.1 Å². The average Bonchev–Trinajstić information content (AvgIpc) is 2.29. The van der Waals surface area contributed by atoms with Gasteiger partial charge in [-0.3, -0.25) is 14.3 Å². The molecule has 6 nitrogen and oxygen atoms in total. The number of carbonyl (C=O) groups is 1. The Labute approximate surface area is 116 Å². The monoisotopic (exact) mass is 311 g/mol. The number of esters is 1. The zero-order valence-electron chi connectivity index (χ0n) is 11.8. The lowest BCUT2D eigenvalue weighted by Gasteiger charge is -2.24. The Morgan fingerprint density at radius 2 is 1.79 bits per heavy atom. The number of nitrogens with zero attached hydrogens (tertiary/aromatic N) is 1. The van der Waals surface area contributed by atoms with Crippen LogP contribution in [0, 0.1) is 0 Å². The Morgan fingerprint density at radius 3 is 2.21 bits per heavy atom. The fourth-order valence-electron chi connectivity index (χ4n) is 1.43. The summed E-state index contributed by atoms with van der Waals surface area (Å²) in [5, 5.41) is 0. The number of carbonyl (C=O) groups excluding carboxylic acids is 1. The minimum absolute atomic E-state index is 0.0561. The van der Waals surface area contributed by atoms with Crippen molar-refractivity contribution in [1.29, 1.82) is 0 Å². The van der Waals surface area contributed by atoms with E-state index in [1.54, 1.807) is 25.7 Å². The van der Waals surface area contributed by atoms with Gasteiger partial charge in [-0.15, -0.1) is 0 Å². The van der Waals surface area contributed by atoms with Gasteiger partial charge in [0.15, 0.2) is 0 Å². The van der Waals surface area contributed by atoms with Gasteiger partial charge >= 0.3 is 13.6 Å². The normalized spacial score (nSPS) is 12.0. The van der Waals surface area contributed by atoms with Crippen molar-refractivity contribution in [2.75, 3.05) is 38.9 Å². The van der Waals surface area contributed by atoms with E-state index in [1.165, 1.54) is 0 Å². The fourth-order valence-corrected chi connectivity index (χ4v) is 3.79. The van der Waals surface area contributed by atoms with Gasteiger partial charge in [-0.2, -0.15) is 0 Å². The second-order valence-electron chi connectivity index (χ2n) is 3.59. The number of hydrogen-bond acceptors (Lipinski definition) is 6. The Balaban J connectivity index is 4.63. The van der Waals surface area contributed by atoms with Crippen molar-refractivity contribution in [2.45, 2.75) is 20.8 Å². The van der Waals surface area contributed by atoms with E-state index in [-0.39, 0.29) is 18.8 Å². The first-order chi connectivity index (χ1) is 9.01. The van der Waals surface area contributed by atoms with Crippen molar-refractivity contribution in [3.8, 4) is 0 Å². The van der Waals surface area contributed by atoms with Gasteiger partial charge in [-0.1, -0.05) is 14.5 Å². The molecule has 0 aliphatic rings. The molecule has 112 valence electrons. The molecule has 0 aromatic heterocycles. The van der Waals surface area contributed by atoms with Crippen molar-refractivity contribution < 1.29 is 23.1 Å². The Hall–Kier alpha value is -0.250. The summed E-state index contributed by atoms with van der Waals surface area (Å²) < 4.78 is 27.7. The molecule has 0 amide bonds. The summed E-state index contributed by atoms with van der Waals surface area (Å²) >= 11 is 0. The SMILES string of the molecule is C=PCN(CC(=O)OCC)CP(=O)(OCC)OCC. The fraction of sp³-hybridized carbons (Fsp3) is 0.818. The van der Waals surface area contributed by atoms with Crippen LogP contribution in [0.25, 0.3) is 0 Å². The molecule has 0 unspecified atom stereocenters. The highest BCUT2D eigenvalue weighted by Crippen LogP contribution is 2.48. The third-order valence-corrected chi connectivity index (χ3v) is 4.63. The summed E-state index contributed by atoms with van der Waals surface area (Å²) in [6.07, 6.45) is 4.28. The molecule has 0 radical (unpaired) electrons. The van der Waals surface area contributed by atoms with Gasteiger partial charge in [0.25, 0.3) is 0 Å². The average molecular weight is 311 g/mol. The Morgan fingerprint density at radius 1 is 1.21 bits per heavy atom. The topological polar surface area (TPSA) is 65.1 Å². The summed E-state index contributed by atoms with van der Waals surface area (Å²) in [6, 6.07) is 0. The van der Waals surface area contributed by atoms with Gasteiger partial charge in [0.2, 0.25) is 0 Å².